The van der Waals surface area contributed by atoms with E-state index >= 15 is 0 Å². The summed E-state index contributed by atoms with van der Waals surface area (Å²) in [6.07, 6.45) is 3.15. The molecular weight excluding hydrogens is 502 g/mol. The van der Waals surface area contributed by atoms with Crippen LogP contribution in [0.25, 0.3) is 10.9 Å². The molecule has 1 fully saturated rings. The summed E-state index contributed by atoms with van der Waals surface area (Å²) in [4.78, 5) is 42.1. The van der Waals surface area contributed by atoms with E-state index in [0.717, 1.165) is 62.6 Å². The first-order valence-corrected chi connectivity index (χ1v) is 14.1. The maximum atomic E-state index is 13.1. The van der Waals surface area contributed by atoms with Gasteiger partial charge in [0.15, 0.2) is 0 Å². The summed E-state index contributed by atoms with van der Waals surface area (Å²) in [7, 11) is 0. The number of rotatable bonds is 7. The Hall–Kier alpha value is -4.24. The molecule has 40 heavy (non-hydrogen) atoms. The maximum Gasteiger partial charge on any atom is 0.277 e. The molecule has 2 aromatic heterocycles. The fourth-order valence-corrected chi connectivity index (χ4v) is 5.70. The quantitative estimate of drug-likeness (QED) is 0.286. The van der Waals surface area contributed by atoms with E-state index in [1.165, 1.54) is 10.1 Å². The molecule has 0 saturated carbocycles. The number of unbranched alkanes of at least 4 members (excludes halogenated alkanes) is 1. The van der Waals surface area contributed by atoms with Crippen LogP contribution in [0.2, 0.25) is 0 Å². The first-order chi connectivity index (χ1) is 19.6. The summed E-state index contributed by atoms with van der Waals surface area (Å²) in [6.45, 7) is 5.73. The Morgan fingerprint density at radius 3 is 2.45 bits per heavy atom. The van der Waals surface area contributed by atoms with Crippen molar-refractivity contribution in [1.29, 1.82) is 0 Å². The van der Waals surface area contributed by atoms with Crippen LogP contribution in [0.5, 0.6) is 0 Å². The molecule has 0 aliphatic carbocycles. The van der Waals surface area contributed by atoms with Gasteiger partial charge in [0.2, 0.25) is 0 Å². The number of nitrogens with two attached hydrogens (primary N) is 1. The van der Waals surface area contributed by atoms with Crippen molar-refractivity contribution in [3.8, 4) is 0 Å². The molecule has 6 rings (SSSR count). The molecule has 0 atom stereocenters. The number of para-hydroxylation sites is 1. The lowest BCUT2D eigenvalue weighted by atomic mass is 10.0. The van der Waals surface area contributed by atoms with Gasteiger partial charge in [-0.05, 0) is 49.7 Å². The highest BCUT2D eigenvalue weighted by molar-refractivity contribution is 5.94. The van der Waals surface area contributed by atoms with E-state index in [4.69, 9.17) is 15.8 Å². The summed E-state index contributed by atoms with van der Waals surface area (Å²) in [6, 6.07) is 21.7. The average molecular weight is 538 g/mol. The van der Waals surface area contributed by atoms with Crippen LogP contribution in [0, 0.1) is 0 Å². The van der Waals surface area contributed by atoms with Gasteiger partial charge in [0, 0.05) is 56.5 Å². The Morgan fingerprint density at radius 1 is 0.850 bits per heavy atom. The van der Waals surface area contributed by atoms with Crippen molar-refractivity contribution < 1.29 is 4.79 Å². The number of piperazine rings is 1. The van der Waals surface area contributed by atoms with Crippen LogP contribution >= 0.6 is 0 Å². The molecule has 2 aliphatic rings. The molecular formula is C31H35N7O2. The van der Waals surface area contributed by atoms with Crippen molar-refractivity contribution >= 4 is 22.6 Å². The molecule has 0 radical (unpaired) electrons. The Bertz CT molecular complexity index is 1560. The van der Waals surface area contributed by atoms with Gasteiger partial charge in [0.1, 0.15) is 11.6 Å². The maximum absolute atomic E-state index is 13.1. The lowest BCUT2D eigenvalue weighted by molar-refractivity contribution is 0.0732. The number of hydrogen-bond donors (Lipinski definition) is 1. The first kappa shape index (κ1) is 26.0. The van der Waals surface area contributed by atoms with Gasteiger partial charge in [-0.1, -0.05) is 36.4 Å². The van der Waals surface area contributed by atoms with E-state index in [9.17, 15) is 9.59 Å². The van der Waals surface area contributed by atoms with Crippen LogP contribution in [0.4, 0.5) is 5.82 Å². The van der Waals surface area contributed by atoms with Gasteiger partial charge in [-0.3, -0.25) is 14.5 Å². The van der Waals surface area contributed by atoms with E-state index in [-0.39, 0.29) is 18.0 Å². The molecule has 4 aromatic rings. The molecule has 206 valence electrons. The first-order valence-electron chi connectivity index (χ1n) is 14.1. The van der Waals surface area contributed by atoms with E-state index in [1.54, 1.807) is 17.0 Å². The van der Waals surface area contributed by atoms with Gasteiger partial charge in [-0.15, -0.1) is 0 Å². The number of nitrogens with zero attached hydrogens (tertiary/aromatic N) is 6. The second-order valence-corrected chi connectivity index (χ2v) is 10.6. The van der Waals surface area contributed by atoms with Crippen molar-refractivity contribution in [3.05, 3.63) is 99.7 Å². The number of aromatic nitrogens is 3. The predicted octanol–water partition coefficient (Wildman–Crippen LogP) is 2.85. The summed E-state index contributed by atoms with van der Waals surface area (Å²) in [5, 5.41) is 1.17. The van der Waals surface area contributed by atoms with Gasteiger partial charge in [-0.2, -0.15) is 0 Å². The van der Waals surface area contributed by atoms with E-state index in [1.807, 2.05) is 30.3 Å². The lowest BCUT2D eigenvalue weighted by Crippen LogP contribution is -2.47. The zero-order chi connectivity index (χ0) is 27.5. The van der Waals surface area contributed by atoms with Crippen LogP contribution in [0.1, 0.15) is 40.3 Å². The molecule has 2 aliphatic heterocycles. The van der Waals surface area contributed by atoms with E-state index in [2.05, 4.69) is 34.1 Å². The minimum Gasteiger partial charge on any atom is -0.354 e. The topological polar surface area (TPSA) is 101 Å². The highest BCUT2D eigenvalue weighted by Gasteiger charge is 2.26. The van der Waals surface area contributed by atoms with E-state index in [0.29, 0.717) is 36.3 Å². The summed E-state index contributed by atoms with van der Waals surface area (Å²) >= 11 is 0. The SMILES string of the molecule is Nn1c(CCCCN2CCN(c3ccc4ccccc4n3)CC2)nc2c(c1=O)CN(C(=O)c1ccccc1)CC2. The number of anilines is 1. The number of carbonyl (C=O) groups excluding carboxylic acids is 1. The zero-order valence-corrected chi connectivity index (χ0v) is 22.7. The molecule has 9 nitrogen and oxygen atoms in total. The smallest absolute Gasteiger partial charge is 0.277 e. The molecule has 2 aromatic carbocycles. The van der Waals surface area contributed by atoms with Crippen LogP contribution in [0.15, 0.2) is 71.5 Å². The number of pyridine rings is 1. The van der Waals surface area contributed by atoms with Gasteiger partial charge in [0.25, 0.3) is 11.5 Å². The number of hydrogen-bond acceptors (Lipinski definition) is 7. The molecule has 0 unspecified atom stereocenters. The lowest BCUT2D eigenvalue weighted by Gasteiger charge is -2.35. The fraction of sp³-hybridized carbons (Fsp3) is 0.355. The fourth-order valence-electron chi connectivity index (χ4n) is 5.70. The Balaban J connectivity index is 0.995. The highest BCUT2D eigenvalue weighted by Crippen LogP contribution is 2.20. The minimum atomic E-state index is -0.246. The Morgan fingerprint density at radius 2 is 1.62 bits per heavy atom. The van der Waals surface area contributed by atoms with Crippen molar-refractivity contribution in [2.75, 3.05) is 50.0 Å². The van der Waals surface area contributed by atoms with Gasteiger partial charge >= 0.3 is 0 Å². The van der Waals surface area contributed by atoms with Crippen LogP contribution in [0.3, 0.4) is 0 Å². The molecule has 1 amide bonds. The second kappa shape index (κ2) is 11.5. The number of carbonyl (C=O) groups is 1. The summed E-state index contributed by atoms with van der Waals surface area (Å²) in [5.74, 6) is 7.78. The largest absolute Gasteiger partial charge is 0.354 e. The number of aryl methyl sites for hydroxylation is 1. The standard InChI is InChI=1S/C31H35N7O2/c32-38-29(34-27-15-17-37(22-25(27)31(38)40)30(39)24-9-2-1-3-10-24)12-6-7-16-35-18-20-36(21-19-35)28-14-13-23-8-4-5-11-26(23)33-28/h1-5,8-11,13-14H,6-7,12,15-22,32H2. The molecule has 1 saturated heterocycles. The third-order valence-corrected chi connectivity index (χ3v) is 8.05. The van der Waals surface area contributed by atoms with Gasteiger partial charge in [0.05, 0.1) is 23.3 Å². The summed E-state index contributed by atoms with van der Waals surface area (Å²) in [5.41, 5.74) is 2.71. The average Bonchev–Trinajstić information content (AvgIpc) is 3.01. The minimum absolute atomic E-state index is 0.0762. The summed E-state index contributed by atoms with van der Waals surface area (Å²) < 4.78 is 1.19. The van der Waals surface area contributed by atoms with Crippen molar-refractivity contribution in [2.24, 2.45) is 0 Å². The number of fused-ring (bicyclic) bond motifs is 2. The second-order valence-electron chi connectivity index (χ2n) is 10.6. The molecule has 0 spiro atoms. The monoisotopic (exact) mass is 537 g/mol. The van der Waals surface area contributed by atoms with Crippen molar-refractivity contribution in [2.45, 2.75) is 32.2 Å². The highest BCUT2D eigenvalue weighted by atomic mass is 16.2. The van der Waals surface area contributed by atoms with Gasteiger partial charge < -0.3 is 15.6 Å². The molecule has 9 heteroatoms. The zero-order valence-electron chi connectivity index (χ0n) is 22.7. The van der Waals surface area contributed by atoms with Gasteiger partial charge in [-0.25, -0.2) is 14.6 Å². The van der Waals surface area contributed by atoms with Crippen LogP contribution < -0.4 is 16.3 Å². The van der Waals surface area contributed by atoms with Crippen LogP contribution in [-0.4, -0.2) is 69.6 Å². The normalized spacial score (nSPS) is 15.8. The number of amides is 1. The molecule has 0 bridgehead atoms. The molecule has 4 heterocycles. The number of nitrogen functional groups attached to an aromatic ring is 1. The van der Waals surface area contributed by atoms with E-state index < -0.39 is 0 Å². The number of benzene rings is 2. The Kier molecular flexibility index (Phi) is 7.46. The third-order valence-electron chi connectivity index (χ3n) is 8.05. The molecule has 2 N–H and O–H groups in total. The Labute approximate surface area is 233 Å². The van der Waals surface area contributed by atoms with Crippen LogP contribution in [-0.2, 0) is 19.4 Å². The van der Waals surface area contributed by atoms with Crippen molar-refractivity contribution in [3.63, 3.8) is 0 Å². The van der Waals surface area contributed by atoms with Crippen molar-refractivity contribution in [1.82, 2.24) is 24.4 Å². The predicted molar refractivity (Wildman–Crippen MR) is 157 cm³/mol. The third kappa shape index (κ3) is 5.42.